The first-order chi connectivity index (χ1) is 8.92. The molecule has 18 heavy (non-hydrogen) atoms. The summed E-state index contributed by atoms with van der Waals surface area (Å²) >= 11 is 0. The number of nitrogens with one attached hydrogen (secondary N) is 1. The van der Waals surface area contributed by atoms with Gasteiger partial charge in [-0.05, 0) is 18.1 Å². The maximum absolute atomic E-state index is 3.57. The second-order valence-electron chi connectivity index (χ2n) is 4.23. The zero-order chi connectivity index (χ0) is 12.6. The van der Waals surface area contributed by atoms with E-state index in [1.165, 1.54) is 11.1 Å². The highest BCUT2D eigenvalue weighted by Gasteiger charge is 2.11. The fraction of sp³-hybridized carbons (Fsp3) is 0.176. The van der Waals surface area contributed by atoms with E-state index in [1.807, 2.05) is 6.92 Å². The Balaban J connectivity index is 2.23. The number of allylic oxidation sites excluding steroid dienone is 1. The molecule has 2 aromatic carbocycles. The van der Waals surface area contributed by atoms with Crippen LogP contribution in [0.3, 0.4) is 0 Å². The van der Waals surface area contributed by atoms with Crippen molar-refractivity contribution >= 4 is 0 Å². The minimum Gasteiger partial charge on any atom is -0.303 e. The van der Waals surface area contributed by atoms with Gasteiger partial charge in [-0.3, -0.25) is 0 Å². The number of hydrogen-bond donors (Lipinski definition) is 1. The summed E-state index contributed by atoms with van der Waals surface area (Å²) in [7, 11) is 0. The van der Waals surface area contributed by atoms with Gasteiger partial charge in [-0.15, -0.1) is 0 Å². The standard InChI is InChI=1S/C17H19N/c1-2-3-14-18-17(15-10-6-4-7-11-15)16-12-8-5-9-13-16/h2-13,17-18H,14H2,1H3/b3-2+. The van der Waals surface area contributed by atoms with Crippen LogP contribution in [0.1, 0.15) is 24.1 Å². The van der Waals surface area contributed by atoms with Crippen molar-refractivity contribution in [2.75, 3.05) is 6.54 Å². The van der Waals surface area contributed by atoms with Crippen LogP contribution in [0.4, 0.5) is 0 Å². The highest BCUT2D eigenvalue weighted by molar-refractivity contribution is 5.31. The van der Waals surface area contributed by atoms with E-state index in [0.29, 0.717) is 0 Å². The van der Waals surface area contributed by atoms with Crippen molar-refractivity contribution in [1.29, 1.82) is 0 Å². The molecular formula is C17H19N. The summed E-state index contributed by atoms with van der Waals surface area (Å²) in [6.45, 7) is 2.92. The quantitative estimate of drug-likeness (QED) is 0.777. The lowest BCUT2D eigenvalue weighted by Crippen LogP contribution is -2.22. The molecule has 0 amide bonds. The van der Waals surface area contributed by atoms with Crippen molar-refractivity contribution in [3.05, 3.63) is 83.9 Å². The van der Waals surface area contributed by atoms with Crippen molar-refractivity contribution in [3.8, 4) is 0 Å². The third-order valence-electron chi connectivity index (χ3n) is 2.94. The van der Waals surface area contributed by atoms with Crippen LogP contribution in [0.25, 0.3) is 0 Å². The molecule has 92 valence electrons. The van der Waals surface area contributed by atoms with E-state index in [2.05, 4.69) is 78.1 Å². The zero-order valence-corrected chi connectivity index (χ0v) is 10.7. The molecule has 1 nitrogen and oxygen atoms in total. The molecule has 0 spiro atoms. The molecule has 0 heterocycles. The smallest absolute Gasteiger partial charge is 0.0579 e. The van der Waals surface area contributed by atoms with E-state index in [4.69, 9.17) is 0 Å². The van der Waals surface area contributed by atoms with E-state index in [9.17, 15) is 0 Å². The van der Waals surface area contributed by atoms with Crippen LogP contribution in [0.2, 0.25) is 0 Å². The Hall–Kier alpha value is -1.86. The largest absolute Gasteiger partial charge is 0.303 e. The normalized spacial score (nSPS) is 11.2. The molecule has 0 atom stereocenters. The van der Waals surface area contributed by atoms with E-state index in [-0.39, 0.29) is 6.04 Å². The second-order valence-corrected chi connectivity index (χ2v) is 4.23. The second kappa shape index (κ2) is 6.77. The van der Waals surface area contributed by atoms with Crippen molar-refractivity contribution in [3.63, 3.8) is 0 Å². The predicted octanol–water partition coefficient (Wildman–Crippen LogP) is 3.94. The molecule has 1 N–H and O–H groups in total. The summed E-state index contributed by atoms with van der Waals surface area (Å²) < 4.78 is 0. The number of hydrogen-bond acceptors (Lipinski definition) is 1. The lowest BCUT2D eigenvalue weighted by atomic mass is 9.99. The summed E-state index contributed by atoms with van der Waals surface area (Å²) in [6, 6.07) is 21.4. The van der Waals surface area contributed by atoms with Crippen LogP contribution in [0, 0.1) is 0 Å². The summed E-state index contributed by atoms with van der Waals surface area (Å²) in [6.07, 6.45) is 4.21. The third kappa shape index (κ3) is 3.31. The van der Waals surface area contributed by atoms with Crippen molar-refractivity contribution in [2.45, 2.75) is 13.0 Å². The summed E-state index contributed by atoms with van der Waals surface area (Å²) in [4.78, 5) is 0. The van der Waals surface area contributed by atoms with Crippen LogP contribution < -0.4 is 5.32 Å². The monoisotopic (exact) mass is 237 g/mol. The molecule has 1 heteroatoms. The van der Waals surface area contributed by atoms with E-state index in [0.717, 1.165) is 6.54 Å². The molecule has 0 saturated heterocycles. The fourth-order valence-corrected chi connectivity index (χ4v) is 2.02. The van der Waals surface area contributed by atoms with Gasteiger partial charge in [0.25, 0.3) is 0 Å². The van der Waals surface area contributed by atoms with Gasteiger partial charge >= 0.3 is 0 Å². The van der Waals surface area contributed by atoms with Crippen LogP contribution in [0.5, 0.6) is 0 Å². The van der Waals surface area contributed by atoms with Crippen LogP contribution >= 0.6 is 0 Å². The molecule has 0 saturated carbocycles. The van der Waals surface area contributed by atoms with Gasteiger partial charge in [-0.25, -0.2) is 0 Å². The molecule has 0 aromatic heterocycles. The average molecular weight is 237 g/mol. The van der Waals surface area contributed by atoms with E-state index in [1.54, 1.807) is 0 Å². The van der Waals surface area contributed by atoms with Gasteiger partial charge in [0, 0.05) is 6.54 Å². The van der Waals surface area contributed by atoms with Gasteiger partial charge in [0.15, 0.2) is 0 Å². The Kier molecular flexibility index (Phi) is 4.74. The van der Waals surface area contributed by atoms with Crippen molar-refractivity contribution in [1.82, 2.24) is 5.32 Å². The highest BCUT2D eigenvalue weighted by atomic mass is 14.9. The number of benzene rings is 2. The van der Waals surface area contributed by atoms with Gasteiger partial charge in [0.05, 0.1) is 6.04 Å². The molecule has 0 aliphatic heterocycles. The lowest BCUT2D eigenvalue weighted by molar-refractivity contribution is 0.652. The van der Waals surface area contributed by atoms with Gasteiger partial charge in [-0.1, -0.05) is 72.8 Å². The Morgan fingerprint density at radius 3 is 1.83 bits per heavy atom. The van der Waals surface area contributed by atoms with Crippen LogP contribution in [0.15, 0.2) is 72.8 Å². The molecule has 0 bridgehead atoms. The topological polar surface area (TPSA) is 12.0 Å². The van der Waals surface area contributed by atoms with E-state index >= 15 is 0 Å². The molecular weight excluding hydrogens is 218 g/mol. The molecule has 0 fully saturated rings. The number of rotatable bonds is 5. The highest BCUT2D eigenvalue weighted by Crippen LogP contribution is 2.21. The molecule has 2 rings (SSSR count). The Labute approximate surface area is 109 Å². The van der Waals surface area contributed by atoms with Crippen molar-refractivity contribution in [2.24, 2.45) is 0 Å². The fourth-order valence-electron chi connectivity index (χ4n) is 2.02. The first-order valence-electron chi connectivity index (χ1n) is 6.36. The summed E-state index contributed by atoms with van der Waals surface area (Å²) in [5.41, 5.74) is 2.60. The van der Waals surface area contributed by atoms with Gasteiger partial charge in [0.1, 0.15) is 0 Å². The summed E-state index contributed by atoms with van der Waals surface area (Å²) in [5.74, 6) is 0. The minimum atomic E-state index is 0.253. The van der Waals surface area contributed by atoms with Crippen molar-refractivity contribution < 1.29 is 0 Å². The molecule has 0 aliphatic rings. The van der Waals surface area contributed by atoms with E-state index < -0.39 is 0 Å². The van der Waals surface area contributed by atoms with Gasteiger partial charge in [-0.2, -0.15) is 0 Å². The van der Waals surface area contributed by atoms with Gasteiger partial charge < -0.3 is 5.32 Å². The zero-order valence-electron chi connectivity index (χ0n) is 10.7. The lowest BCUT2D eigenvalue weighted by Gasteiger charge is -2.19. The molecule has 0 unspecified atom stereocenters. The molecule has 0 aliphatic carbocycles. The first kappa shape index (κ1) is 12.6. The van der Waals surface area contributed by atoms with Gasteiger partial charge in [0.2, 0.25) is 0 Å². The first-order valence-corrected chi connectivity index (χ1v) is 6.36. The molecule has 0 radical (unpaired) electrons. The Morgan fingerprint density at radius 2 is 1.39 bits per heavy atom. The van der Waals surface area contributed by atoms with Crippen LogP contribution in [-0.4, -0.2) is 6.54 Å². The Bertz CT molecular complexity index is 434. The maximum atomic E-state index is 3.57. The van der Waals surface area contributed by atoms with Crippen LogP contribution in [-0.2, 0) is 0 Å². The maximum Gasteiger partial charge on any atom is 0.0579 e. The third-order valence-corrected chi connectivity index (χ3v) is 2.94. The molecule has 2 aromatic rings. The average Bonchev–Trinajstić information content (AvgIpc) is 2.46. The predicted molar refractivity (Wildman–Crippen MR) is 77.5 cm³/mol. The minimum absolute atomic E-state index is 0.253. The Morgan fingerprint density at radius 1 is 0.889 bits per heavy atom. The summed E-state index contributed by atoms with van der Waals surface area (Å²) in [5, 5.41) is 3.57. The SMILES string of the molecule is C/C=C/CNC(c1ccccc1)c1ccccc1.